The summed E-state index contributed by atoms with van der Waals surface area (Å²) in [6.45, 7) is 3.89. The van der Waals surface area contributed by atoms with Gasteiger partial charge in [0.2, 0.25) is 0 Å². The van der Waals surface area contributed by atoms with Crippen LogP contribution in [-0.2, 0) is 13.0 Å². The summed E-state index contributed by atoms with van der Waals surface area (Å²) in [5.74, 6) is 0.922. The summed E-state index contributed by atoms with van der Waals surface area (Å²) in [5.41, 5.74) is 1.29. The highest BCUT2D eigenvalue weighted by molar-refractivity contribution is 7.11. The molecule has 1 aromatic heterocycles. The van der Waals surface area contributed by atoms with Crippen LogP contribution < -0.4 is 10.1 Å². The first kappa shape index (κ1) is 13.1. The maximum absolute atomic E-state index is 5.21. The molecule has 1 aromatic carbocycles. The molecule has 18 heavy (non-hydrogen) atoms. The molecule has 0 saturated heterocycles. The molecule has 0 aliphatic heterocycles. The fourth-order valence-electron chi connectivity index (χ4n) is 1.76. The van der Waals surface area contributed by atoms with E-state index in [1.165, 1.54) is 10.4 Å². The summed E-state index contributed by atoms with van der Waals surface area (Å²) in [4.78, 5) is 5.53. The molecule has 96 valence electrons. The van der Waals surface area contributed by atoms with E-state index in [0.717, 1.165) is 30.3 Å². The van der Waals surface area contributed by atoms with E-state index in [1.807, 2.05) is 25.3 Å². The molecule has 0 radical (unpaired) electrons. The quantitative estimate of drug-likeness (QED) is 0.813. The Labute approximate surface area is 112 Å². The van der Waals surface area contributed by atoms with E-state index in [2.05, 4.69) is 22.4 Å². The Hall–Kier alpha value is -1.39. The number of benzene rings is 1. The van der Waals surface area contributed by atoms with Crippen LogP contribution in [0.4, 0.5) is 0 Å². The molecule has 0 bridgehead atoms. The Kier molecular flexibility index (Phi) is 4.73. The monoisotopic (exact) mass is 262 g/mol. The van der Waals surface area contributed by atoms with Crippen molar-refractivity contribution in [3.05, 3.63) is 45.9 Å². The molecular formula is C14H18N2OS. The smallest absolute Gasteiger partial charge is 0.119 e. The normalized spacial score (nSPS) is 10.6. The van der Waals surface area contributed by atoms with E-state index in [1.54, 1.807) is 18.4 Å². The van der Waals surface area contributed by atoms with Crippen LogP contribution >= 0.6 is 11.3 Å². The van der Waals surface area contributed by atoms with Crippen LogP contribution in [0.3, 0.4) is 0 Å². The zero-order chi connectivity index (χ0) is 12.8. The van der Waals surface area contributed by atoms with E-state index < -0.39 is 0 Å². The molecule has 0 aliphatic rings. The molecule has 0 spiro atoms. The van der Waals surface area contributed by atoms with E-state index in [-0.39, 0.29) is 0 Å². The number of nitrogens with one attached hydrogen (secondary N) is 1. The van der Waals surface area contributed by atoms with Gasteiger partial charge in [-0.1, -0.05) is 12.1 Å². The van der Waals surface area contributed by atoms with Crippen LogP contribution in [0.25, 0.3) is 0 Å². The van der Waals surface area contributed by atoms with E-state index in [4.69, 9.17) is 4.74 Å². The largest absolute Gasteiger partial charge is 0.497 e. The highest BCUT2D eigenvalue weighted by Crippen LogP contribution is 2.13. The van der Waals surface area contributed by atoms with E-state index in [0.29, 0.717) is 0 Å². The van der Waals surface area contributed by atoms with Crippen molar-refractivity contribution in [2.45, 2.75) is 19.9 Å². The number of nitrogens with zero attached hydrogens (tertiary/aromatic N) is 1. The summed E-state index contributed by atoms with van der Waals surface area (Å²) < 4.78 is 5.21. The van der Waals surface area contributed by atoms with Crippen LogP contribution in [0.5, 0.6) is 5.75 Å². The molecule has 2 aromatic rings. The van der Waals surface area contributed by atoms with Crippen molar-refractivity contribution < 1.29 is 4.74 Å². The van der Waals surface area contributed by atoms with Crippen molar-refractivity contribution in [3.63, 3.8) is 0 Å². The van der Waals surface area contributed by atoms with Gasteiger partial charge in [-0.25, -0.2) is 4.98 Å². The zero-order valence-electron chi connectivity index (χ0n) is 10.8. The first-order chi connectivity index (χ1) is 8.78. The minimum Gasteiger partial charge on any atom is -0.497 e. The standard InChI is InChI=1S/C14H18N2OS/c1-11-16-10-14(18-11)9-15-7-6-12-4-3-5-13(8-12)17-2/h3-5,8,10,15H,6-7,9H2,1-2H3. The lowest BCUT2D eigenvalue weighted by molar-refractivity contribution is 0.414. The molecule has 0 amide bonds. The van der Waals surface area contributed by atoms with Crippen molar-refractivity contribution in [3.8, 4) is 5.75 Å². The fraction of sp³-hybridized carbons (Fsp3) is 0.357. The molecule has 0 fully saturated rings. The predicted octanol–water partition coefficient (Wildman–Crippen LogP) is 2.79. The highest BCUT2D eigenvalue weighted by atomic mass is 32.1. The lowest BCUT2D eigenvalue weighted by Gasteiger charge is -2.05. The Morgan fingerprint density at radius 2 is 2.28 bits per heavy atom. The molecule has 4 heteroatoms. The third-order valence-corrected chi connectivity index (χ3v) is 3.61. The van der Waals surface area contributed by atoms with Gasteiger partial charge >= 0.3 is 0 Å². The van der Waals surface area contributed by atoms with Crippen molar-refractivity contribution in [2.24, 2.45) is 0 Å². The van der Waals surface area contributed by atoms with Gasteiger partial charge in [0.25, 0.3) is 0 Å². The fourth-order valence-corrected chi connectivity index (χ4v) is 2.52. The topological polar surface area (TPSA) is 34.1 Å². The minimum atomic E-state index is 0.898. The molecule has 1 heterocycles. The van der Waals surface area contributed by atoms with Gasteiger partial charge < -0.3 is 10.1 Å². The second kappa shape index (κ2) is 6.52. The summed E-state index contributed by atoms with van der Waals surface area (Å²) >= 11 is 1.75. The lowest BCUT2D eigenvalue weighted by Crippen LogP contribution is -2.15. The van der Waals surface area contributed by atoms with Crippen LogP contribution in [0.15, 0.2) is 30.5 Å². The summed E-state index contributed by atoms with van der Waals surface area (Å²) in [7, 11) is 1.70. The average molecular weight is 262 g/mol. The molecular weight excluding hydrogens is 244 g/mol. The van der Waals surface area contributed by atoms with Gasteiger partial charge in [0.05, 0.1) is 12.1 Å². The summed E-state index contributed by atoms with van der Waals surface area (Å²) in [6, 6.07) is 8.21. The number of rotatable bonds is 6. The average Bonchev–Trinajstić information content (AvgIpc) is 2.81. The third kappa shape index (κ3) is 3.82. The van der Waals surface area contributed by atoms with Gasteiger partial charge in [0.15, 0.2) is 0 Å². The first-order valence-electron chi connectivity index (χ1n) is 6.03. The third-order valence-electron chi connectivity index (χ3n) is 2.69. The molecule has 0 saturated carbocycles. The highest BCUT2D eigenvalue weighted by Gasteiger charge is 1.98. The predicted molar refractivity (Wildman–Crippen MR) is 75.3 cm³/mol. The number of methoxy groups -OCH3 is 1. The van der Waals surface area contributed by atoms with Crippen LogP contribution in [0, 0.1) is 6.92 Å². The number of aryl methyl sites for hydroxylation is 1. The molecule has 2 rings (SSSR count). The Morgan fingerprint density at radius 1 is 1.39 bits per heavy atom. The summed E-state index contributed by atoms with van der Waals surface area (Å²) in [6.07, 6.45) is 2.95. The number of hydrogen-bond donors (Lipinski definition) is 1. The molecule has 0 atom stereocenters. The zero-order valence-corrected chi connectivity index (χ0v) is 11.6. The van der Waals surface area contributed by atoms with E-state index >= 15 is 0 Å². The van der Waals surface area contributed by atoms with Gasteiger partial charge in [-0.2, -0.15) is 0 Å². The van der Waals surface area contributed by atoms with Crippen molar-refractivity contribution in [1.29, 1.82) is 0 Å². The number of aromatic nitrogens is 1. The second-order valence-corrected chi connectivity index (χ2v) is 5.44. The van der Waals surface area contributed by atoms with E-state index in [9.17, 15) is 0 Å². The van der Waals surface area contributed by atoms with Crippen LogP contribution in [0.1, 0.15) is 15.4 Å². The van der Waals surface area contributed by atoms with Crippen LogP contribution in [-0.4, -0.2) is 18.6 Å². The maximum Gasteiger partial charge on any atom is 0.119 e. The molecule has 0 unspecified atom stereocenters. The van der Waals surface area contributed by atoms with Gasteiger partial charge in [0, 0.05) is 17.6 Å². The lowest BCUT2D eigenvalue weighted by atomic mass is 10.1. The molecule has 3 nitrogen and oxygen atoms in total. The SMILES string of the molecule is COc1cccc(CCNCc2cnc(C)s2)c1. The van der Waals surface area contributed by atoms with Gasteiger partial charge in [-0.15, -0.1) is 11.3 Å². The van der Waals surface area contributed by atoms with Gasteiger partial charge in [0.1, 0.15) is 5.75 Å². The van der Waals surface area contributed by atoms with Crippen molar-refractivity contribution in [2.75, 3.05) is 13.7 Å². The Morgan fingerprint density at radius 3 is 3.00 bits per heavy atom. The number of hydrogen-bond acceptors (Lipinski definition) is 4. The molecule has 1 N–H and O–H groups in total. The minimum absolute atomic E-state index is 0.898. The number of thiazole rings is 1. The van der Waals surface area contributed by atoms with Gasteiger partial charge in [-0.3, -0.25) is 0 Å². The maximum atomic E-state index is 5.21. The number of ether oxygens (including phenoxy) is 1. The second-order valence-electron chi connectivity index (χ2n) is 4.12. The first-order valence-corrected chi connectivity index (χ1v) is 6.84. The van der Waals surface area contributed by atoms with Gasteiger partial charge in [-0.05, 0) is 37.6 Å². The van der Waals surface area contributed by atoms with Crippen LogP contribution in [0.2, 0.25) is 0 Å². The molecule has 0 aliphatic carbocycles. The Bertz CT molecular complexity index is 496. The summed E-state index contributed by atoms with van der Waals surface area (Å²) in [5, 5.41) is 4.56. The Balaban J connectivity index is 1.74. The van der Waals surface area contributed by atoms with Crippen molar-refractivity contribution >= 4 is 11.3 Å². The van der Waals surface area contributed by atoms with Crippen molar-refractivity contribution in [1.82, 2.24) is 10.3 Å².